The molecule has 3 aliphatic carbocycles. The van der Waals surface area contributed by atoms with Crippen LogP contribution in [0.25, 0.3) is 0 Å². The fourth-order valence-corrected chi connectivity index (χ4v) is 5.12. The molecule has 3 heteroatoms. The minimum atomic E-state index is 0.591. The van der Waals surface area contributed by atoms with E-state index in [1.807, 2.05) is 0 Å². The Morgan fingerprint density at radius 2 is 1.90 bits per heavy atom. The van der Waals surface area contributed by atoms with Crippen molar-refractivity contribution >= 4 is 15.9 Å². The molecule has 108 valence electrons. The molecular weight excluding hydrogens is 312 g/mol. The second-order valence-electron chi connectivity index (χ2n) is 7.14. The van der Waals surface area contributed by atoms with Crippen LogP contribution in [0.15, 0.2) is 34.2 Å². The monoisotopic (exact) mass is 334 g/mol. The predicted molar refractivity (Wildman–Crippen MR) is 86.1 cm³/mol. The standard InChI is InChI=1S/C17H23BrN2/c1-19-9-5-14-15(18)10-20(11-16(14)19)12-17-6-2-13(3-7-17)4-8-17/h5,10-11,13H,2-4,6-9,12H2,1H3. The van der Waals surface area contributed by atoms with Crippen molar-refractivity contribution in [1.82, 2.24) is 9.80 Å². The summed E-state index contributed by atoms with van der Waals surface area (Å²) in [6.45, 7) is 2.24. The molecule has 2 aliphatic heterocycles. The van der Waals surface area contributed by atoms with Crippen LogP contribution in [-0.2, 0) is 0 Å². The van der Waals surface area contributed by atoms with Crippen molar-refractivity contribution < 1.29 is 0 Å². The molecule has 2 nitrogen and oxygen atoms in total. The summed E-state index contributed by atoms with van der Waals surface area (Å²) in [5.74, 6) is 1.05. The fraction of sp³-hybridized carbons (Fsp3) is 0.647. The Morgan fingerprint density at radius 1 is 1.20 bits per heavy atom. The lowest BCUT2D eigenvalue weighted by Crippen LogP contribution is -2.41. The minimum Gasteiger partial charge on any atom is -0.369 e. The molecular formula is C17H23BrN2. The van der Waals surface area contributed by atoms with Gasteiger partial charge in [0, 0.05) is 42.6 Å². The van der Waals surface area contributed by atoms with E-state index in [-0.39, 0.29) is 0 Å². The van der Waals surface area contributed by atoms with Crippen LogP contribution in [0.4, 0.5) is 0 Å². The number of hydrogen-bond acceptors (Lipinski definition) is 2. The van der Waals surface area contributed by atoms with Gasteiger partial charge in [-0.3, -0.25) is 0 Å². The maximum Gasteiger partial charge on any atom is 0.0614 e. The minimum absolute atomic E-state index is 0.591. The lowest BCUT2D eigenvalue weighted by atomic mass is 9.60. The molecule has 0 aromatic rings. The SMILES string of the molecule is CN1CC=C2C(Br)=CN(CC34CCC(CC3)CC4)C=C21. The molecule has 5 aliphatic rings. The molecule has 0 atom stereocenters. The highest BCUT2D eigenvalue weighted by atomic mass is 79.9. The van der Waals surface area contributed by atoms with Gasteiger partial charge >= 0.3 is 0 Å². The Labute approximate surface area is 130 Å². The molecule has 0 amide bonds. The van der Waals surface area contributed by atoms with E-state index in [0.717, 1.165) is 12.5 Å². The second kappa shape index (κ2) is 4.66. The highest BCUT2D eigenvalue weighted by molar-refractivity contribution is 9.12. The van der Waals surface area contributed by atoms with Crippen LogP contribution in [0.3, 0.4) is 0 Å². The van der Waals surface area contributed by atoms with Crippen LogP contribution in [-0.4, -0.2) is 29.9 Å². The number of hydrogen-bond donors (Lipinski definition) is 0. The number of fused-ring (bicyclic) bond motifs is 4. The van der Waals surface area contributed by atoms with E-state index in [2.05, 4.69) is 51.3 Å². The Kier molecular flexibility index (Phi) is 3.03. The predicted octanol–water partition coefficient (Wildman–Crippen LogP) is 4.22. The summed E-state index contributed by atoms with van der Waals surface area (Å²) in [7, 11) is 2.18. The lowest BCUT2D eigenvalue weighted by Gasteiger charge is -2.48. The second-order valence-corrected chi connectivity index (χ2v) is 8.00. The highest BCUT2D eigenvalue weighted by Gasteiger charge is 2.41. The van der Waals surface area contributed by atoms with Gasteiger partial charge in [0.25, 0.3) is 0 Å². The van der Waals surface area contributed by atoms with Crippen LogP contribution >= 0.6 is 15.9 Å². The third-order valence-electron chi connectivity index (χ3n) is 5.85. The van der Waals surface area contributed by atoms with Gasteiger partial charge in [-0.25, -0.2) is 0 Å². The number of nitrogens with zero attached hydrogens (tertiary/aromatic N) is 2. The van der Waals surface area contributed by atoms with E-state index in [9.17, 15) is 0 Å². The van der Waals surface area contributed by atoms with Gasteiger partial charge in [-0.15, -0.1) is 0 Å². The maximum atomic E-state index is 3.76. The molecule has 2 bridgehead atoms. The summed E-state index contributed by atoms with van der Waals surface area (Å²) in [5.41, 5.74) is 3.34. The average molecular weight is 335 g/mol. The molecule has 3 saturated carbocycles. The zero-order valence-corrected chi connectivity index (χ0v) is 13.8. The first kappa shape index (κ1) is 13.0. The van der Waals surface area contributed by atoms with Gasteiger partial charge in [-0.2, -0.15) is 0 Å². The molecule has 5 rings (SSSR count). The number of allylic oxidation sites excluding steroid dienone is 1. The Morgan fingerprint density at radius 3 is 2.60 bits per heavy atom. The van der Waals surface area contributed by atoms with E-state index in [1.165, 1.54) is 60.8 Å². The largest absolute Gasteiger partial charge is 0.369 e. The number of rotatable bonds is 2. The summed E-state index contributed by atoms with van der Waals surface area (Å²) in [6, 6.07) is 0. The molecule has 0 saturated heterocycles. The third-order valence-corrected chi connectivity index (χ3v) is 6.48. The van der Waals surface area contributed by atoms with Gasteiger partial charge in [0.05, 0.1) is 5.70 Å². The molecule has 0 aromatic carbocycles. The van der Waals surface area contributed by atoms with Crippen molar-refractivity contribution in [3.63, 3.8) is 0 Å². The summed E-state index contributed by atoms with van der Waals surface area (Å²) >= 11 is 3.76. The Balaban J connectivity index is 1.56. The highest BCUT2D eigenvalue weighted by Crippen LogP contribution is 2.51. The van der Waals surface area contributed by atoms with Crippen LogP contribution in [0.5, 0.6) is 0 Å². The van der Waals surface area contributed by atoms with Gasteiger partial charge < -0.3 is 9.80 Å². The zero-order valence-electron chi connectivity index (χ0n) is 12.2. The zero-order chi connectivity index (χ0) is 13.7. The van der Waals surface area contributed by atoms with Gasteiger partial charge in [-0.05, 0) is 65.8 Å². The molecule has 0 radical (unpaired) electrons. The molecule has 0 spiro atoms. The average Bonchev–Trinajstić information content (AvgIpc) is 2.83. The Hall–Kier alpha value is -0.700. The maximum absolute atomic E-state index is 3.76. The number of likely N-dealkylation sites (N-methyl/N-ethyl adjacent to an activating group) is 1. The van der Waals surface area contributed by atoms with Gasteiger partial charge in [0.1, 0.15) is 0 Å². The van der Waals surface area contributed by atoms with Crippen molar-refractivity contribution in [2.45, 2.75) is 38.5 Å². The van der Waals surface area contributed by atoms with Crippen LogP contribution in [0, 0.1) is 11.3 Å². The smallest absolute Gasteiger partial charge is 0.0614 e. The van der Waals surface area contributed by atoms with Crippen molar-refractivity contribution in [2.75, 3.05) is 20.1 Å². The number of halogens is 1. The summed E-state index contributed by atoms with van der Waals surface area (Å²) in [4.78, 5) is 4.79. The van der Waals surface area contributed by atoms with Gasteiger partial charge in [-0.1, -0.05) is 6.08 Å². The lowest BCUT2D eigenvalue weighted by molar-refractivity contribution is 0.0478. The molecule has 0 N–H and O–H groups in total. The van der Waals surface area contributed by atoms with Crippen LogP contribution in [0.2, 0.25) is 0 Å². The fourth-order valence-electron chi connectivity index (χ4n) is 4.49. The van der Waals surface area contributed by atoms with E-state index in [4.69, 9.17) is 0 Å². The van der Waals surface area contributed by atoms with Crippen molar-refractivity contribution in [2.24, 2.45) is 11.3 Å². The summed E-state index contributed by atoms with van der Waals surface area (Å²) in [5, 5.41) is 0. The van der Waals surface area contributed by atoms with Crippen LogP contribution in [0.1, 0.15) is 38.5 Å². The molecule has 0 unspecified atom stereocenters. The van der Waals surface area contributed by atoms with E-state index in [0.29, 0.717) is 5.41 Å². The topological polar surface area (TPSA) is 6.48 Å². The van der Waals surface area contributed by atoms with Crippen molar-refractivity contribution in [3.05, 3.63) is 34.2 Å². The van der Waals surface area contributed by atoms with E-state index < -0.39 is 0 Å². The van der Waals surface area contributed by atoms with Crippen molar-refractivity contribution in [1.29, 1.82) is 0 Å². The molecule has 0 aromatic heterocycles. The van der Waals surface area contributed by atoms with Gasteiger partial charge in [0.15, 0.2) is 0 Å². The van der Waals surface area contributed by atoms with Crippen molar-refractivity contribution in [3.8, 4) is 0 Å². The molecule has 20 heavy (non-hydrogen) atoms. The Bertz CT molecular complexity index is 495. The van der Waals surface area contributed by atoms with E-state index in [1.54, 1.807) is 0 Å². The van der Waals surface area contributed by atoms with Crippen LogP contribution < -0.4 is 0 Å². The normalized spacial score (nSPS) is 35.7. The quantitative estimate of drug-likeness (QED) is 0.745. The van der Waals surface area contributed by atoms with Gasteiger partial charge in [0.2, 0.25) is 0 Å². The first-order chi connectivity index (χ1) is 9.65. The first-order valence-electron chi connectivity index (χ1n) is 7.92. The molecule has 3 fully saturated rings. The van der Waals surface area contributed by atoms with E-state index >= 15 is 0 Å². The summed E-state index contributed by atoms with van der Waals surface area (Å²) < 4.78 is 1.25. The third kappa shape index (κ3) is 2.05. The first-order valence-corrected chi connectivity index (χ1v) is 8.71. The summed E-state index contributed by atoms with van der Waals surface area (Å²) in [6.07, 6.45) is 15.7. The molecule has 2 heterocycles.